The summed E-state index contributed by atoms with van der Waals surface area (Å²) in [5.74, 6) is 0. The van der Waals surface area contributed by atoms with Gasteiger partial charge in [-0.1, -0.05) is 28.1 Å². The third kappa shape index (κ3) is 3.93. The van der Waals surface area contributed by atoms with Gasteiger partial charge in [-0.05, 0) is 51.2 Å². The van der Waals surface area contributed by atoms with Crippen LogP contribution in [0.4, 0.5) is 0 Å². The van der Waals surface area contributed by atoms with Crippen LogP contribution in [0.1, 0.15) is 24.9 Å². The topological polar surface area (TPSA) is 29.3 Å². The van der Waals surface area contributed by atoms with E-state index in [0.717, 1.165) is 24.0 Å². The molecule has 0 aliphatic rings. The minimum atomic E-state index is 0.449. The Morgan fingerprint density at radius 2 is 1.93 bits per heavy atom. The smallest absolute Gasteiger partial charge is 0.0316 e. The van der Waals surface area contributed by atoms with Crippen molar-refractivity contribution >= 4 is 15.9 Å². The summed E-state index contributed by atoms with van der Waals surface area (Å²) in [6.07, 6.45) is 1.05. The van der Waals surface area contributed by atoms with E-state index in [9.17, 15) is 0 Å². The second-order valence-corrected chi connectivity index (χ2v) is 4.77. The van der Waals surface area contributed by atoms with Crippen LogP contribution in [0.15, 0.2) is 28.7 Å². The number of halogens is 1. The van der Waals surface area contributed by atoms with Crippen LogP contribution in [-0.2, 0) is 0 Å². The Morgan fingerprint density at radius 3 is 2.47 bits per heavy atom. The number of nitrogens with two attached hydrogens (primary N) is 1. The molecule has 0 aliphatic carbocycles. The number of nitrogens with zero attached hydrogens (tertiary/aromatic N) is 1. The standard InChI is InChI=1S/C12H19BrN2/c1-10(15(2)9-3-8-14)11-4-6-12(13)7-5-11/h4-7,10H,3,8-9,14H2,1-2H3. The van der Waals surface area contributed by atoms with E-state index in [0.29, 0.717) is 6.04 Å². The second kappa shape index (κ2) is 6.26. The first-order valence-electron chi connectivity index (χ1n) is 5.31. The maximum absolute atomic E-state index is 5.50. The van der Waals surface area contributed by atoms with Crippen molar-refractivity contribution in [2.75, 3.05) is 20.1 Å². The van der Waals surface area contributed by atoms with Crippen molar-refractivity contribution in [2.45, 2.75) is 19.4 Å². The van der Waals surface area contributed by atoms with E-state index in [2.05, 4.69) is 59.1 Å². The predicted molar refractivity (Wildman–Crippen MR) is 68.9 cm³/mol. The molecule has 0 spiro atoms. The highest BCUT2D eigenvalue weighted by Crippen LogP contribution is 2.20. The van der Waals surface area contributed by atoms with E-state index >= 15 is 0 Å². The van der Waals surface area contributed by atoms with Crippen molar-refractivity contribution in [1.82, 2.24) is 4.90 Å². The van der Waals surface area contributed by atoms with Crippen molar-refractivity contribution in [2.24, 2.45) is 5.73 Å². The Hall–Kier alpha value is -0.380. The fourth-order valence-corrected chi connectivity index (χ4v) is 1.79. The molecule has 0 aliphatic heterocycles. The van der Waals surface area contributed by atoms with Crippen LogP contribution in [0.2, 0.25) is 0 Å². The van der Waals surface area contributed by atoms with E-state index in [-0.39, 0.29) is 0 Å². The SMILES string of the molecule is CC(c1ccc(Br)cc1)N(C)CCCN. The molecule has 15 heavy (non-hydrogen) atoms. The zero-order valence-electron chi connectivity index (χ0n) is 9.41. The van der Waals surface area contributed by atoms with Crippen LogP contribution in [0.5, 0.6) is 0 Å². The molecule has 0 heterocycles. The van der Waals surface area contributed by atoms with Gasteiger partial charge in [-0.2, -0.15) is 0 Å². The maximum Gasteiger partial charge on any atom is 0.0316 e. The molecule has 1 aromatic rings. The summed E-state index contributed by atoms with van der Waals surface area (Å²) in [7, 11) is 2.14. The van der Waals surface area contributed by atoms with Gasteiger partial charge in [0.25, 0.3) is 0 Å². The first-order chi connectivity index (χ1) is 7.15. The van der Waals surface area contributed by atoms with Gasteiger partial charge in [0.15, 0.2) is 0 Å². The molecule has 2 nitrogen and oxygen atoms in total. The Morgan fingerprint density at radius 1 is 1.33 bits per heavy atom. The molecule has 0 bridgehead atoms. The molecule has 0 fully saturated rings. The lowest BCUT2D eigenvalue weighted by molar-refractivity contribution is 0.260. The lowest BCUT2D eigenvalue weighted by Gasteiger charge is -2.24. The summed E-state index contributed by atoms with van der Waals surface area (Å²) in [6, 6.07) is 8.94. The highest BCUT2D eigenvalue weighted by molar-refractivity contribution is 9.10. The van der Waals surface area contributed by atoms with Gasteiger partial charge < -0.3 is 5.73 Å². The van der Waals surface area contributed by atoms with Crippen LogP contribution >= 0.6 is 15.9 Å². The van der Waals surface area contributed by atoms with Gasteiger partial charge in [-0.3, -0.25) is 4.90 Å². The molecule has 0 saturated heterocycles. The Kier molecular flexibility index (Phi) is 5.29. The molecule has 0 saturated carbocycles. The third-order valence-corrected chi connectivity index (χ3v) is 3.26. The first-order valence-corrected chi connectivity index (χ1v) is 6.10. The monoisotopic (exact) mass is 270 g/mol. The van der Waals surface area contributed by atoms with Crippen molar-refractivity contribution in [1.29, 1.82) is 0 Å². The van der Waals surface area contributed by atoms with Crippen LogP contribution in [0.3, 0.4) is 0 Å². The summed E-state index contributed by atoms with van der Waals surface area (Å²) in [5.41, 5.74) is 6.85. The van der Waals surface area contributed by atoms with Crippen LogP contribution < -0.4 is 5.73 Å². The predicted octanol–water partition coefficient (Wildman–Crippen LogP) is 2.79. The van der Waals surface area contributed by atoms with Gasteiger partial charge >= 0.3 is 0 Å². The van der Waals surface area contributed by atoms with Crippen LogP contribution in [-0.4, -0.2) is 25.0 Å². The summed E-state index contributed by atoms with van der Waals surface area (Å²) in [5, 5.41) is 0. The van der Waals surface area contributed by atoms with E-state index < -0.39 is 0 Å². The molecule has 3 heteroatoms. The van der Waals surface area contributed by atoms with E-state index in [1.165, 1.54) is 5.56 Å². The lowest BCUT2D eigenvalue weighted by Crippen LogP contribution is -2.25. The molecule has 0 aromatic heterocycles. The van der Waals surface area contributed by atoms with Crippen molar-refractivity contribution in [3.63, 3.8) is 0 Å². The maximum atomic E-state index is 5.50. The third-order valence-electron chi connectivity index (χ3n) is 2.73. The van der Waals surface area contributed by atoms with Crippen molar-refractivity contribution in [3.8, 4) is 0 Å². The molecule has 2 N–H and O–H groups in total. The quantitative estimate of drug-likeness (QED) is 0.892. The second-order valence-electron chi connectivity index (χ2n) is 3.85. The number of hydrogen-bond donors (Lipinski definition) is 1. The number of hydrogen-bond acceptors (Lipinski definition) is 2. The van der Waals surface area contributed by atoms with E-state index in [1.54, 1.807) is 0 Å². The molecule has 1 unspecified atom stereocenters. The molecule has 0 amide bonds. The number of rotatable bonds is 5. The minimum Gasteiger partial charge on any atom is -0.330 e. The number of benzene rings is 1. The van der Waals surface area contributed by atoms with Gasteiger partial charge in [-0.25, -0.2) is 0 Å². The van der Waals surface area contributed by atoms with E-state index in [1.807, 2.05) is 0 Å². The summed E-state index contributed by atoms with van der Waals surface area (Å²) in [6.45, 7) is 4.03. The van der Waals surface area contributed by atoms with Gasteiger partial charge in [0.2, 0.25) is 0 Å². The molecular weight excluding hydrogens is 252 g/mol. The molecular formula is C12H19BrN2. The lowest BCUT2D eigenvalue weighted by atomic mass is 10.1. The van der Waals surface area contributed by atoms with Gasteiger partial charge in [-0.15, -0.1) is 0 Å². The molecule has 1 atom stereocenters. The molecule has 0 radical (unpaired) electrons. The Labute approximate surface area is 101 Å². The average Bonchev–Trinajstić information content (AvgIpc) is 2.26. The average molecular weight is 271 g/mol. The summed E-state index contributed by atoms with van der Waals surface area (Å²) in [4.78, 5) is 2.33. The van der Waals surface area contributed by atoms with Gasteiger partial charge in [0.05, 0.1) is 0 Å². The summed E-state index contributed by atoms with van der Waals surface area (Å²) < 4.78 is 1.13. The molecule has 84 valence electrons. The van der Waals surface area contributed by atoms with Gasteiger partial charge in [0, 0.05) is 10.5 Å². The molecule has 1 rings (SSSR count). The Balaban J connectivity index is 2.59. The minimum absolute atomic E-state index is 0.449. The fourth-order valence-electron chi connectivity index (χ4n) is 1.53. The Bertz CT molecular complexity index is 284. The van der Waals surface area contributed by atoms with Gasteiger partial charge in [0.1, 0.15) is 0 Å². The first kappa shape index (κ1) is 12.7. The molecule has 1 aromatic carbocycles. The largest absolute Gasteiger partial charge is 0.330 e. The zero-order valence-corrected chi connectivity index (χ0v) is 11.0. The van der Waals surface area contributed by atoms with Crippen LogP contribution in [0, 0.1) is 0 Å². The highest BCUT2D eigenvalue weighted by Gasteiger charge is 2.10. The normalized spacial score (nSPS) is 13.1. The summed E-state index contributed by atoms with van der Waals surface area (Å²) >= 11 is 3.44. The van der Waals surface area contributed by atoms with Crippen molar-refractivity contribution < 1.29 is 0 Å². The van der Waals surface area contributed by atoms with Crippen LogP contribution in [0.25, 0.3) is 0 Å². The van der Waals surface area contributed by atoms with E-state index in [4.69, 9.17) is 5.73 Å². The van der Waals surface area contributed by atoms with Crippen molar-refractivity contribution in [3.05, 3.63) is 34.3 Å². The zero-order chi connectivity index (χ0) is 11.3. The highest BCUT2D eigenvalue weighted by atomic mass is 79.9. The fraction of sp³-hybridized carbons (Fsp3) is 0.500.